The van der Waals surface area contributed by atoms with E-state index in [0.29, 0.717) is 17.9 Å². The van der Waals surface area contributed by atoms with Crippen molar-refractivity contribution in [2.75, 3.05) is 24.7 Å². The first-order valence-electron chi connectivity index (χ1n) is 5.52. The van der Waals surface area contributed by atoms with Gasteiger partial charge in [0.15, 0.2) is 0 Å². The van der Waals surface area contributed by atoms with E-state index in [1.165, 1.54) is 0 Å². The van der Waals surface area contributed by atoms with Gasteiger partial charge in [-0.2, -0.15) is 13.2 Å². The smallest absolute Gasteiger partial charge is 0.399 e. The Hall–Kier alpha value is -0.880. The van der Waals surface area contributed by atoms with Crippen molar-refractivity contribution in [3.05, 3.63) is 23.8 Å². The van der Waals surface area contributed by atoms with Crippen LogP contribution in [0.1, 0.15) is 12.0 Å². The summed E-state index contributed by atoms with van der Waals surface area (Å²) in [5.74, 6) is 0.710. The second-order valence-electron chi connectivity index (χ2n) is 3.89. The summed E-state index contributed by atoms with van der Waals surface area (Å²) in [5, 5.41) is 0. The maximum absolute atomic E-state index is 11.8. The Kier molecular flexibility index (Phi) is 5.81. The number of alkyl halides is 3. The average molecular weight is 279 g/mol. The minimum absolute atomic E-state index is 0.119. The number of thioether (sulfide) groups is 1. The molecule has 1 aromatic carbocycles. The number of rotatable bonds is 6. The van der Waals surface area contributed by atoms with E-state index in [-0.39, 0.29) is 6.61 Å². The van der Waals surface area contributed by atoms with Crippen LogP contribution in [0, 0.1) is 6.92 Å². The number of aryl methyl sites for hydroxylation is 1. The number of anilines is 1. The first-order chi connectivity index (χ1) is 8.38. The van der Waals surface area contributed by atoms with Gasteiger partial charge < -0.3 is 10.5 Å². The second-order valence-corrected chi connectivity index (χ2v) is 5.03. The lowest BCUT2D eigenvalue weighted by atomic mass is 10.2. The third kappa shape index (κ3) is 6.16. The minimum atomic E-state index is -4.24. The Labute approximate surface area is 109 Å². The predicted molar refractivity (Wildman–Crippen MR) is 67.8 cm³/mol. The van der Waals surface area contributed by atoms with E-state index in [4.69, 9.17) is 5.73 Å². The molecule has 102 valence electrons. The van der Waals surface area contributed by atoms with Crippen molar-refractivity contribution in [2.24, 2.45) is 0 Å². The van der Waals surface area contributed by atoms with E-state index in [0.717, 1.165) is 10.5 Å². The normalized spacial score (nSPS) is 11.8. The van der Waals surface area contributed by atoms with Crippen molar-refractivity contribution >= 4 is 17.4 Å². The molecule has 0 aliphatic rings. The highest BCUT2D eigenvalue weighted by Gasteiger charge is 2.27. The molecule has 0 atom stereocenters. The molecule has 1 aromatic rings. The van der Waals surface area contributed by atoms with Crippen LogP contribution in [0.25, 0.3) is 0 Å². The summed E-state index contributed by atoms with van der Waals surface area (Å²) in [6, 6.07) is 5.63. The summed E-state index contributed by atoms with van der Waals surface area (Å²) in [6.07, 6.45) is -3.66. The van der Waals surface area contributed by atoms with Crippen LogP contribution in [-0.4, -0.2) is 25.1 Å². The van der Waals surface area contributed by atoms with Crippen LogP contribution >= 0.6 is 11.8 Å². The first kappa shape index (κ1) is 15.2. The number of hydrogen-bond acceptors (Lipinski definition) is 3. The van der Waals surface area contributed by atoms with Crippen LogP contribution in [-0.2, 0) is 4.74 Å². The third-order valence-electron chi connectivity index (χ3n) is 2.17. The maximum atomic E-state index is 11.8. The summed E-state index contributed by atoms with van der Waals surface area (Å²) in [7, 11) is 0. The van der Waals surface area contributed by atoms with Crippen molar-refractivity contribution in [3.8, 4) is 0 Å². The highest BCUT2D eigenvalue weighted by atomic mass is 32.2. The quantitative estimate of drug-likeness (QED) is 0.490. The van der Waals surface area contributed by atoms with Gasteiger partial charge in [0, 0.05) is 22.9 Å². The zero-order chi connectivity index (χ0) is 13.6. The van der Waals surface area contributed by atoms with Gasteiger partial charge in [0.05, 0.1) is 0 Å². The number of benzene rings is 1. The van der Waals surface area contributed by atoms with Crippen molar-refractivity contribution in [2.45, 2.75) is 24.4 Å². The van der Waals surface area contributed by atoms with Crippen LogP contribution in [0.2, 0.25) is 0 Å². The molecular weight excluding hydrogens is 263 g/mol. The molecule has 0 bridgehead atoms. The number of hydrogen-bond donors (Lipinski definition) is 1. The standard InChI is InChI=1S/C12H16F3NOS/c1-9-3-4-10(16)7-11(9)18-6-2-5-17-8-12(13,14)15/h3-4,7H,2,5-6,8,16H2,1H3. The van der Waals surface area contributed by atoms with Gasteiger partial charge in [-0.25, -0.2) is 0 Å². The van der Waals surface area contributed by atoms with E-state index < -0.39 is 12.8 Å². The van der Waals surface area contributed by atoms with Crippen LogP contribution in [0.4, 0.5) is 18.9 Å². The average Bonchev–Trinajstić information content (AvgIpc) is 2.26. The van der Waals surface area contributed by atoms with Gasteiger partial charge in [-0.05, 0) is 31.0 Å². The number of halogens is 3. The Morgan fingerprint density at radius 3 is 2.72 bits per heavy atom. The fraction of sp³-hybridized carbons (Fsp3) is 0.500. The van der Waals surface area contributed by atoms with Gasteiger partial charge in [-0.15, -0.1) is 11.8 Å². The van der Waals surface area contributed by atoms with Crippen LogP contribution in [0.5, 0.6) is 0 Å². The fourth-order valence-electron chi connectivity index (χ4n) is 1.30. The van der Waals surface area contributed by atoms with Crippen molar-refractivity contribution in [1.29, 1.82) is 0 Å². The topological polar surface area (TPSA) is 35.2 Å². The molecule has 0 saturated carbocycles. The van der Waals surface area contributed by atoms with Gasteiger partial charge in [0.1, 0.15) is 6.61 Å². The third-order valence-corrected chi connectivity index (χ3v) is 3.41. The van der Waals surface area contributed by atoms with E-state index in [1.807, 2.05) is 25.1 Å². The Morgan fingerprint density at radius 2 is 2.06 bits per heavy atom. The molecule has 0 amide bonds. The van der Waals surface area contributed by atoms with Crippen molar-refractivity contribution in [1.82, 2.24) is 0 Å². The molecule has 0 saturated heterocycles. The summed E-state index contributed by atoms with van der Waals surface area (Å²) in [4.78, 5) is 1.06. The molecule has 0 aromatic heterocycles. The molecule has 0 aliphatic carbocycles. The zero-order valence-electron chi connectivity index (χ0n) is 10.1. The maximum Gasteiger partial charge on any atom is 0.411 e. The second kappa shape index (κ2) is 6.89. The van der Waals surface area contributed by atoms with Crippen LogP contribution in [0.3, 0.4) is 0 Å². The molecule has 0 heterocycles. The summed E-state index contributed by atoms with van der Waals surface area (Å²) >= 11 is 1.58. The van der Waals surface area contributed by atoms with Gasteiger partial charge in [0.2, 0.25) is 0 Å². The molecule has 0 unspecified atom stereocenters. The molecular formula is C12H16F3NOS. The first-order valence-corrected chi connectivity index (χ1v) is 6.50. The summed E-state index contributed by atoms with van der Waals surface area (Å²) in [5.41, 5.74) is 7.47. The molecule has 1 rings (SSSR count). The van der Waals surface area contributed by atoms with Gasteiger partial charge >= 0.3 is 6.18 Å². The zero-order valence-corrected chi connectivity index (χ0v) is 10.9. The molecule has 18 heavy (non-hydrogen) atoms. The van der Waals surface area contributed by atoms with Gasteiger partial charge in [-0.1, -0.05) is 6.07 Å². The van der Waals surface area contributed by atoms with Crippen LogP contribution < -0.4 is 5.73 Å². The number of nitrogens with two attached hydrogens (primary N) is 1. The summed E-state index contributed by atoms with van der Waals surface area (Å²) in [6.45, 7) is 0.921. The van der Waals surface area contributed by atoms with Gasteiger partial charge in [-0.3, -0.25) is 0 Å². The lowest BCUT2D eigenvalue weighted by Crippen LogP contribution is -2.17. The van der Waals surface area contributed by atoms with Gasteiger partial charge in [0.25, 0.3) is 0 Å². The lowest BCUT2D eigenvalue weighted by molar-refractivity contribution is -0.173. The van der Waals surface area contributed by atoms with E-state index in [1.54, 1.807) is 11.8 Å². The molecule has 0 spiro atoms. The largest absolute Gasteiger partial charge is 0.411 e. The molecule has 0 radical (unpaired) electrons. The number of ether oxygens (including phenoxy) is 1. The van der Waals surface area contributed by atoms with E-state index >= 15 is 0 Å². The van der Waals surface area contributed by atoms with Crippen molar-refractivity contribution in [3.63, 3.8) is 0 Å². The Morgan fingerprint density at radius 1 is 1.33 bits per heavy atom. The van der Waals surface area contributed by atoms with Crippen molar-refractivity contribution < 1.29 is 17.9 Å². The molecule has 0 fully saturated rings. The number of nitrogen functional groups attached to an aromatic ring is 1. The highest BCUT2D eigenvalue weighted by Crippen LogP contribution is 2.25. The molecule has 2 nitrogen and oxygen atoms in total. The van der Waals surface area contributed by atoms with Crippen LogP contribution in [0.15, 0.2) is 23.1 Å². The predicted octanol–water partition coefficient (Wildman–Crippen LogP) is 3.64. The SMILES string of the molecule is Cc1ccc(N)cc1SCCCOCC(F)(F)F. The minimum Gasteiger partial charge on any atom is -0.399 e. The summed E-state index contributed by atoms with van der Waals surface area (Å²) < 4.78 is 39.9. The fourth-order valence-corrected chi connectivity index (χ4v) is 2.30. The van der Waals surface area contributed by atoms with E-state index in [9.17, 15) is 13.2 Å². The van der Waals surface area contributed by atoms with E-state index in [2.05, 4.69) is 4.74 Å². The molecule has 6 heteroatoms. The monoisotopic (exact) mass is 279 g/mol. The molecule has 2 N–H and O–H groups in total. The lowest BCUT2D eigenvalue weighted by Gasteiger charge is -2.08. The Balaban J connectivity index is 2.20. The molecule has 0 aliphatic heterocycles. The Bertz CT molecular complexity index is 382. The highest BCUT2D eigenvalue weighted by molar-refractivity contribution is 7.99.